The number of phenols is 1. The van der Waals surface area contributed by atoms with Crippen molar-refractivity contribution in [3.63, 3.8) is 0 Å². The normalized spacial score (nSPS) is 16.7. The summed E-state index contributed by atoms with van der Waals surface area (Å²) in [6, 6.07) is 22.3. The number of hydrogen-bond acceptors (Lipinski definition) is 6. The Bertz CT molecular complexity index is 2120. The predicted octanol–water partition coefficient (Wildman–Crippen LogP) is 7.43. The van der Waals surface area contributed by atoms with Gasteiger partial charge in [0, 0.05) is 73.5 Å². The van der Waals surface area contributed by atoms with Gasteiger partial charge in [-0.3, -0.25) is 9.59 Å². The van der Waals surface area contributed by atoms with Gasteiger partial charge in [0.25, 0.3) is 11.8 Å². The maximum atomic E-state index is 14.2. The average molecular weight is 718 g/mol. The van der Waals surface area contributed by atoms with Crippen LogP contribution in [0.4, 0.5) is 16.2 Å². The minimum absolute atomic E-state index is 0.0892. The van der Waals surface area contributed by atoms with Gasteiger partial charge in [-0.2, -0.15) is 0 Å². The number of hydrogen-bond donors (Lipinski definition) is 3. The van der Waals surface area contributed by atoms with Crippen molar-refractivity contribution < 1.29 is 24.6 Å². The number of benzene rings is 4. The first-order chi connectivity index (χ1) is 23.7. The fourth-order valence-corrected chi connectivity index (χ4v) is 8.65. The van der Waals surface area contributed by atoms with Crippen LogP contribution in [0.2, 0.25) is 0 Å². The van der Waals surface area contributed by atoms with Gasteiger partial charge in [0.05, 0.1) is 15.4 Å². The van der Waals surface area contributed by atoms with Gasteiger partial charge in [0.15, 0.2) is 0 Å². The van der Waals surface area contributed by atoms with Crippen molar-refractivity contribution in [2.75, 3.05) is 54.8 Å². The van der Waals surface area contributed by atoms with Crippen LogP contribution in [0.3, 0.4) is 0 Å². The molecular weight excluding hydrogens is 683 g/mol. The van der Waals surface area contributed by atoms with E-state index in [4.69, 9.17) is 23.2 Å². The van der Waals surface area contributed by atoms with Crippen LogP contribution in [0.25, 0.3) is 21.5 Å². The van der Waals surface area contributed by atoms with Gasteiger partial charge in [-0.1, -0.05) is 48.5 Å². The smallest absolute Gasteiger partial charge is 0.407 e. The van der Waals surface area contributed by atoms with Gasteiger partial charge in [0.2, 0.25) is 0 Å². The lowest BCUT2D eigenvalue weighted by atomic mass is 9.93. The zero-order chi connectivity index (χ0) is 34.4. The number of phenolic OH excluding ortho intramolecular Hbond substituents is 1. The number of fused-ring (bicyclic) bond motifs is 6. The van der Waals surface area contributed by atoms with Gasteiger partial charge in [0.1, 0.15) is 5.75 Å². The van der Waals surface area contributed by atoms with Gasteiger partial charge in [-0.25, -0.2) is 4.79 Å². The summed E-state index contributed by atoms with van der Waals surface area (Å²) in [5.41, 5.74) is 4.00. The molecule has 0 spiro atoms. The van der Waals surface area contributed by atoms with E-state index in [9.17, 15) is 24.6 Å². The summed E-state index contributed by atoms with van der Waals surface area (Å²) >= 11 is 14.0. The summed E-state index contributed by atoms with van der Waals surface area (Å²) in [6.07, 6.45) is -1.02. The van der Waals surface area contributed by atoms with Crippen LogP contribution in [-0.2, 0) is 6.54 Å². The number of carbonyl (C=O) groups is 3. The summed E-state index contributed by atoms with van der Waals surface area (Å²) in [5, 5.41) is 27.2. The predicted molar refractivity (Wildman–Crippen MR) is 197 cm³/mol. The summed E-state index contributed by atoms with van der Waals surface area (Å²) in [7, 11) is 1.78. The Labute approximate surface area is 297 Å². The molecule has 9 nitrogen and oxygen atoms in total. The number of anilines is 2. The molecule has 2 aliphatic rings. The number of aromatic hydroxyl groups is 1. The Morgan fingerprint density at radius 1 is 0.816 bits per heavy atom. The number of nitrogens with zero attached hydrogens (tertiary/aromatic N) is 3. The lowest BCUT2D eigenvalue weighted by molar-refractivity contribution is 0.0986. The highest BCUT2D eigenvalue weighted by Crippen LogP contribution is 2.47. The summed E-state index contributed by atoms with van der Waals surface area (Å²) < 4.78 is 0. The van der Waals surface area contributed by atoms with Gasteiger partial charge < -0.3 is 30.2 Å². The van der Waals surface area contributed by atoms with Crippen LogP contribution in [0.15, 0.2) is 72.8 Å². The second kappa shape index (κ2) is 13.5. The van der Waals surface area contributed by atoms with E-state index in [1.165, 1.54) is 4.90 Å². The highest BCUT2D eigenvalue weighted by atomic mass is 35.5. The molecule has 3 heterocycles. The van der Waals surface area contributed by atoms with Crippen molar-refractivity contribution in [1.82, 2.24) is 10.2 Å². The zero-order valence-electron chi connectivity index (χ0n) is 26.7. The molecule has 5 aromatic rings. The molecule has 7 rings (SSSR count). The summed E-state index contributed by atoms with van der Waals surface area (Å²) in [4.78, 5) is 45.9. The number of amides is 3. The Hall–Kier alpha value is -4.35. The van der Waals surface area contributed by atoms with E-state index in [1.807, 2.05) is 54.6 Å². The fourth-order valence-electron chi connectivity index (χ4n) is 7.24. The van der Waals surface area contributed by atoms with E-state index in [-0.39, 0.29) is 35.9 Å². The van der Waals surface area contributed by atoms with Crippen LogP contribution in [-0.4, -0.2) is 78.0 Å². The molecule has 49 heavy (non-hydrogen) atoms. The number of carboxylic acid groups (broad SMARTS) is 1. The number of halogens is 2. The first kappa shape index (κ1) is 33.2. The van der Waals surface area contributed by atoms with Crippen molar-refractivity contribution in [2.24, 2.45) is 0 Å². The summed E-state index contributed by atoms with van der Waals surface area (Å²) in [6.45, 7) is 1.68. The second-order valence-electron chi connectivity index (χ2n) is 12.4. The lowest BCUT2D eigenvalue weighted by Gasteiger charge is -2.23. The van der Waals surface area contributed by atoms with Crippen LogP contribution >= 0.6 is 34.5 Å². The number of thiophene rings is 1. The Morgan fingerprint density at radius 3 is 1.86 bits per heavy atom. The van der Waals surface area contributed by atoms with E-state index >= 15 is 0 Å². The molecule has 252 valence electrons. The molecule has 0 bridgehead atoms. The van der Waals surface area contributed by atoms with Gasteiger partial charge >= 0.3 is 6.09 Å². The first-order valence-electron chi connectivity index (χ1n) is 16.0. The molecule has 4 aromatic carbocycles. The monoisotopic (exact) mass is 716 g/mol. The third-order valence-corrected chi connectivity index (χ3v) is 11.4. The van der Waals surface area contributed by atoms with Crippen LogP contribution in [0, 0.1) is 0 Å². The Morgan fingerprint density at radius 2 is 1.33 bits per heavy atom. The molecular formula is C37H34Cl2N4O5S. The van der Waals surface area contributed by atoms with E-state index < -0.39 is 6.09 Å². The molecule has 12 heteroatoms. The largest absolute Gasteiger partial charge is 0.507 e. The minimum atomic E-state index is -1.02. The van der Waals surface area contributed by atoms with Gasteiger partial charge in [-0.15, -0.1) is 34.5 Å². The van der Waals surface area contributed by atoms with E-state index in [0.717, 1.165) is 44.2 Å². The SMILES string of the molecule is CNCCN(Cc1cc2c(c3ccccc13)[C@H](CCl)CN2C(=O)c1ccc(C(=O)N2C[C@@H](CCl)c3c2cc(O)c2ccccc32)s1)C(=O)O. The fraction of sp³-hybridized carbons (Fsp3) is 0.270. The van der Waals surface area contributed by atoms with Crippen molar-refractivity contribution in [3.8, 4) is 5.75 Å². The quantitative estimate of drug-likeness (QED) is 0.137. The lowest BCUT2D eigenvalue weighted by Crippen LogP contribution is -2.34. The number of carbonyl (C=O) groups excluding carboxylic acids is 2. The molecule has 3 N–H and O–H groups in total. The molecule has 0 unspecified atom stereocenters. The number of alkyl halides is 2. The molecule has 0 fully saturated rings. The topological polar surface area (TPSA) is 113 Å². The van der Waals surface area contributed by atoms with Crippen LogP contribution in [0.1, 0.15) is 47.9 Å². The molecule has 0 saturated heterocycles. The average Bonchev–Trinajstić information content (AvgIpc) is 3.85. The molecule has 2 atom stereocenters. The third-order valence-electron chi connectivity index (χ3n) is 9.55. The second-order valence-corrected chi connectivity index (χ2v) is 14.1. The van der Waals surface area contributed by atoms with Crippen molar-refractivity contribution in [3.05, 3.63) is 99.2 Å². The Balaban J connectivity index is 1.22. The third kappa shape index (κ3) is 5.76. The van der Waals surface area contributed by atoms with Crippen molar-refractivity contribution in [1.29, 1.82) is 0 Å². The first-order valence-corrected chi connectivity index (χ1v) is 17.9. The number of rotatable bonds is 9. The summed E-state index contributed by atoms with van der Waals surface area (Å²) in [5.74, 6) is -0.0603. The molecule has 0 aliphatic carbocycles. The zero-order valence-corrected chi connectivity index (χ0v) is 29.0. The molecule has 0 radical (unpaired) electrons. The molecule has 3 amide bonds. The minimum Gasteiger partial charge on any atom is -0.507 e. The highest BCUT2D eigenvalue weighted by molar-refractivity contribution is 7.16. The number of nitrogens with one attached hydrogen (secondary N) is 1. The van der Waals surface area contributed by atoms with E-state index in [2.05, 4.69) is 5.32 Å². The van der Waals surface area contributed by atoms with Crippen molar-refractivity contribution >= 4 is 85.4 Å². The van der Waals surface area contributed by atoms with E-state index in [1.54, 1.807) is 35.0 Å². The van der Waals surface area contributed by atoms with E-state index in [0.29, 0.717) is 64.5 Å². The Kier molecular flexibility index (Phi) is 9.15. The maximum absolute atomic E-state index is 14.2. The van der Waals surface area contributed by atoms with Gasteiger partial charge in [-0.05, 0) is 58.1 Å². The number of likely N-dealkylation sites (N-methyl/N-ethyl adjacent to an activating group) is 1. The van der Waals surface area contributed by atoms with Crippen LogP contribution < -0.4 is 15.1 Å². The standard InChI is InChI=1S/C37H34Cl2N4O5S/c1-40-12-13-41(37(47)48)18-21-14-28-33(26-8-4-2-6-24(21)26)22(16-38)19-42(28)35(45)31-10-11-32(49-31)36(46)43-20-23(17-39)34-27-9-5-3-7-25(27)30(44)15-29(34)43/h2-11,14-15,22-23,40,44H,12-13,16-20H2,1H3,(H,47,48)/t22-,23-/m1/s1. The van der Waals surface area contributed by atoms with Crippen molar-refractivity contribution in [2.45, 2.75) is 18.4 Å². The van der Waals surface area contributed by atoms with Crippen LogP contribution in [0.5, 0.6) is 5.75 Å². The molecule has 1 aromatic heterocycles. The molecule has 2 aliphatic heterocycles. The molecule has 0 saturated carbocycles. The highest BCUT2D eigenvalue weighted by Gasteiger charge is 2.38. The maximum Gasteiger partial charge on any atom is 0.407 e.